The SMILES string of the molecule is COc1c(CN2O[C@@H](CO)[C@H]([C@H](C)O)[C@H]2C(=O)N[C@H]2C[C@H]3C[C@@H]([C@@H]2C)C3(C)C)cccc1-c1cc(C(=O)NCC(=O)OCc2ccccc2)cc(N(C)C)c1. The fourth-order valence-electron chi connectivity index (χ4n) is 9.03. The van der Waals surface area contributed by atoms with Crippen molar-refractivity contribution in [2.45, 2.75) is 78.0 Å². The molecule has 4 N–H and O–H groups in total. The van der Waals surface area contributed by atoms with Crippen molar-refractivity contribution in [2.75, 3.05) is 39.3 Å². The lowest BCUT2D eigenvalue weighted by atomic mass is 9.45. The molecule has 55 heavy (non-hydrogen) atoms. The number of carbonyl (C=O) groups is 3. The third-order valence-electron chi connectivity index (χ3n) is 12.3. The Kier molecular flexibility index (Phi) is 12.2. The van der Waals surface area contributed by atoms with Gasteiger partial charge in [-0.2, -0.15) is 5.06 Å². The van der Waals surface area contributed by atoms with E-state index >= 15 is 0 Å². The Labute approximate surface area is 324 Å². The summed E-state index contributed by atoms with van der Waals surface area (Å²) in [6.45, 7) is 8.07. The highest BCUT2D eigenvalue weighted by Gasteiger charge is 2.57. The minimum Gasteiger partial charge on any atom is -0.496 e. The van der Waals surface area contributed by atoms with Gasteiger partial charge in [0.15, 0.2) is 0 Å². The van der Waals surface area contributed by atoms with Crippen molar-refractivity contribution in [3.63, 3.8) is 0 Å². The average molecular weight is 757 g/mol. The number of aliphatic hydroxyl groups excluding tert-OH is 2. The topological polar surface area (TPSA) is 150 Å². The number of fused-ring (bicyclic) bond motifs is 2. The largest absolute Gasteiger partial charge is 0.496 e. The minimum absolute atomic E-state index is 0.0159. The number of carbonyl (C=O) groups excluding carboxylic acids is 3. The second-order valence-electron chi connectivity index (χ2n) is 16.2. The van der Waals surface area contributed by atoms with Gasteiger partial charge in [0.05, 0.1) is 26.4 Å². The molecule has 1 saturated heterocycles. The van der Waals surface area contributed by atoms with Gasteiger partial charge in [-0.25, -0.2) is 0 Å². The number of nitrogens with zero attached hydrogens (tertiary/aromatic N) is 2. The van der Waals surface area contributed by atoms with Gasteiger partial charge in [-0.3, -0.25) is 19.2 Å². The average Bonchev–Trinajstić information content (AvgIpc) is 3.55. The van der Waals surface area contributed by atoms with Crippen molar-refractivity contribution < 1.29 is 38.9 Å². The number of aliphatic hydroxyl groups is 2. The Bertz CT molecular complexity index is 1850. The van der Waals surface area contributed by atoms with E-state index in [1.54, 1.807) is 31.2 Å². The molecule has 7 rings (SSSR count). The second kappa shape index (κ2) is 16.7. The first-order valence-electron chi connectivity index (χ1n) is 19.2. The number of hydroxylamine groups is 2. The number of methoxy groups -OCH3 is 1. The van der Waals surface area contributed by atoms with Crippen molar-refractivity contribution >= 4 is 23.5 Å². The van der Waals surface area contributed by atoms with Gasteiger partial charge in [0.1, 0.15) is 31.0 Å². The van der Waals surface area contributed by atoms with E-state index in [1.807, 2.05) is 73.6 Å². The summed E-state index contributed by atoms with van der Waals surface area (Å²) in [6.07, 6.45) is 0.388. The van der Waals surface area contributed by atoms with Crippen molar-refractivity contribution in [3.8, 4) is 16.9 Å². The lowest BCUT2D eigenvalue weighted by molar-refractivity contribution is -0.183. The Balaban J connectivity index is 1.23. The number of amides is 2. The molecule has 0 unspecified atom stereocenters. The molecular weight excluding hydrogens is 700 g/mol. The lowest BCUT2D eigenvalue weighted by Gasteiger charge is -2.62. The normalized spacial score (nSPS) is 26.0. The Morgan fingerprint density at radius 1 is 1.05 bits per heavy atom. The Morgan fingerprint density at radius 3 is 2.44 bits per heavy atom. The summed E-state index contributed by atoms with van der Waals surface area (Å²) in [5.41, 5.74) is 4.31. The number of anilines is 1. The molecule has 3 aromatic rings. The van der Waals surface area contributed by atoms with E-state index < -0.39 is 36.0 Å². The van der Waals surface area contributed by atoms with Crippen molar-refractivity contribution in [1.29, 1.82) is 0 Å². The number of ether oxygens (including phenoxy) is 2. The van der Waals surface area contributed by atoms with Gasteiger partial charge in [-0.15, -0.1) is 0 Å². The van der Waals surface area contributed by atoms with Gasteiger partial charge in [-0.1, -0.05) is 69.3 Å². The monoisotopic (exact) mass is 756 g/mol. The molecular formula is C43H56N4O8. The highest BCUT2D eigenvalue weighted by Crippen LogP contribution is 2.61. The van der Waals surface area contributed by atoms with Crippen LogP contribution in [-0.4, -0.2) is 91.7 Å². The van der Waals surface area contributed by atoms with Crippen molar-refractivity contribution in [3.05, 3.63) is 83.4 Å². The molecule has 12 nitrogen and oxygen atoms in total. The van der Waals surface area contributed by atoms with E-state index in [-0.39, 0.29) is 43.7 Å². The molecule has 2 bridgehead atoms. The maximum atomic E-state index is 14.2. The predicted molar refractivity (Wildman–Crippen MR) is 209 cm³/mol. The number of nitrogens with one attached hydrogen (secondary N) is 2. The van der Waals surface area contributed by atoms with Gasteiger partial charge >= 0.3 is 5.97 Å². The quantitative estimate of drug-likeness (QED) is 0.173. The van der Waals surface area contributed by atoms with Gasteiger partial charge in [0.25, 0.3) is 5.91 Å². The number of benzene rings is 3. The van der Waals surface area contributed by atoms with Crippen LogP contribution in [0.3, 0.4) is 0 Å². The van der Waals surface area contributed by atoms with Gasteiger partial charge < -0.3 is 35.2 Å². The van der Waals surface area contributed by atoms with E-state index in [0.29, 0.717) is 45.8 Å². The zero-order valence-electron chi connectivity index (χ0n) is 33.0. The van der Waals surface area contributed by atoms with Gasteiger partial charge in [0.2, 0.25) is 5.91 Å². The van der Waals surface area contributed by atoms with E-state index in [4.69, 9.17) is 14.3 Å². The first-order chi connectivity index (χ1) is 26.2. The molecule has 3 saturated carbocycles. The number of rotatable bonds is 14. The molecule has 4 aliphatic rings. The van der Waals surface area contributed by atoms with Crippen LogP contribution >= 0.6 is 0 Å². The Hall–Kier alpha value is -4.49. The molecule has 3 aliphatic carbocycles. The molecule has 2 amide bonds. The summed E-state index contributed by atoms with van der Waals surface area (Å²) < 4.78 is 11.4. The van der Waals surface area contributed by atoms with Crippen molar-refractivity contribution in [1.82, 2.24) is 15.7 Å². The summed E-state index contributed by atoms with van der Waals surface area (Å²) in [6, 6.07) is 19.5. The van der Waals surface area contributed by atoms with Crippen LogP contribution in [0.15, 0.2) is 66.7 Å². The maximum Gasteiger partial charge on any atom is 0.325 e. The summed E-state index contributed by atoms with van der Waals surface area (Å²) in [5.74, 6) is 0.0265. The van der Waals surface area contributed by atoms with E-state index in [0.717, 1.165) is 17.7 Å². The van der Waals surface area contributed by atoms with Crippen LogP contribution in [0.5, 0.6) is 5.75 Å². The third kappa shape index (κ3) is 8.38. The van der Waals surface area contributed by atoms with E-state index in [2.05, 4.69) is 31.4 Å². The first kappa shape index (κ1) is 40.2. The number of hydrogen-bond acceptors (Lipinski definition) is 10. The van der Waals surface area contributed by atoms with Crippen LogP contribution in [0, 0.1) is 29.1 Å². The molecule has 0 aromatic heterocycles. The standard InChI is InChI=1S/C43H56N4O8/c1-25-34-19-31(43(34,3)4)20-35(25)45-42(52)39-38(26(2)49)36(23-48)55-47(39)22-28-14-11-15-33(40(28)53-7)29-16-30(18-32(17-29)46(5)6)41(51)44-21-37(50)54-24-27-12-9-8-10-13-27/h8-18,25-26,31,34-36,38-39,48-49H,19-24H2,1-7H3,(H,44,51)(H,45,52)/t25-,26-,31+,34-,35-,36-,38-,39-/m0/s1. The van der Waals surface area contributed by atoms with Crippen LogP contribution in [-0.2, 0) is 32.3 Å². The summed E-state index contributed by atoms with van der Waals surface area (Å²) >= 11 is 0. The predicted octanol–water partition coefficient (Wildman–Crippen LogP) is 4.56. The highest BCUT2D eigenvalue weighted by atomic mass is 16.7. The fourth-order valence-corrected chi connectivity index (χ4v) is 9.03. The summed E-state index contributed by atoms with van der Waals surface area (Å²) in [7, 11) is 5.31. The number of esters is 1. The van der Waals surface area contributed by atoms with Crippen LogP contribution in [0.4, 0.5) is 5.69 Å². The third-order valence-corrected chi connectivity index (χ3v) is 12.3. The molecule has 0 radical (unpaired) electrons. The van der Waals surface area contributed by atoms with Gasteiger partial charge in [-0.05, 0) is 72.3 Å². The molecule has 4 fully saturated rings. The molecule has 8 atom stereocenters. The Morgan fingerprint density at radius 2 is 1.80 bits per heavy atom. The summed E-state index contributed by atoms with van der Waals surface area (Å²) in [5, 5.41) is 28.8. The highest BCUT2D eigenvalue weighted by molar-refractivity contribution is 5.98. The smallest absolute Gasteiger partial charge is 0.325 e. The number of para-hydroxylation sites is 1. The lowest BCUT2D eigenvalue weighted by Crippen LogP contribution is -2.62. The van der Waals surface area contributed by atoms with E-state index in [1.165, 1.54) is 6.42 Å². The molecule has 1 aliphatic heterocycles. The summed E-state index contributed by atoms with van der Waals surface area (Å²) in [4.78, 5) is 48.2. The minimum atomic E-state index is -0.925. The molecule has 3 aromatic carbocycles. The number of hydrogen-bond donors (Lipinski definition) is 4. The molecule has 0 spiro atoms. The van der Waals surface area contributed by atoms with Crippen LogP contribution < -0.4 is 20.3 Å². The zero-order chi connectivity index (χ0) is 39.6. The zero-order valence-corrected chi connectivity index (χ0v) is 33.0. The van der Waals surface area contributed by atoms with Crippen LogP contribution in [0.25, 0.3) is 11.1 Å². The first-order valence-corrected chi connectivity index (χ1v) is 19.2. The van der Waals surface area contributed by atoms with Crippen molar-refractivity contribution in [2.24, 2.45) is 29.1 Å². The fraction of sp³-hybridized carbons (Fsp3) is 0.512. The molecule has 1 heterocycles. The van der Waals surface area contributed by atoms with Crippen LogP contribution in [0.2, 0.25) is 0 Å². The van der Waals surface area contributed by atoms with E-state index in [9.17, 15) is 24.6 Å². The molecule has 12 heteroatoms. The second-order valence-corrected chi connectivity index (χ2v) is 16.2. The maximum absolute atomic E-state index is 14.2. The molecule has 296 valence electrons. The van der Waals surface area contributed by atoms with Crippen LogP contribution in [0.1, 0.15) is 62.0 Å². The van der Waals surface area contributed by atoms with Gasteiger partial charge in [0, 0.05) is 48.4 Å².